The van der Waals surface area contributed by atoms with Gasteiger partial charge in [-0.05, 0) is 6.07 Å². The molecule has 0 bridgehead atoms. The molecule has 0 spiro atoms. The maximum absolute atomic E-state index is 11.1. The van der Waals surface area contributed by atoms with Crippen molar-refractivity contribution in [2.75, 3.05) is 0 Å². The van der Waals surface area contributed by atoms with Gasteiger partial charge in [-0.15, -0.1) is 0 Å². The molecule has 2 heterocycles. The fourth-order valence-corrected chi connectivity index (χ4v) is 2.73. The van der Waals surface area contributed by atoms with Crippen molar-refractivity contribution in [1.82, 2.24) is 5.32 Å². The summed E-state index contributed by atoms with van der Waals surface area (Å²) in [6.07, 6.45) is 0. The predicted octanol–water partition coefficient (Wildman–Crippen LogP) is 2.47. The lowest BCUT2D eigenvalue weighted by atomic mass is 10.0. The molecule has 1 aromatic heterocycles. The Morgan fingerprint density at radius 2 is 2.11 bits per heavy atom. The van der Waals surface area contributed by atoms with E-state index in [1.54, 1.807) is 0 Å². The van der Waals surface area contributed by atoms with E-state index in [0.29, 0.717) is 12.3 Å². The molecule has 0 saturated carbocycles. The molecule has 4 nitrogen and oxygen atoms in total. The van der Waals surface area contributed by atoms with Gasteiger partial charge in [0.2, 0.25) is 0 Å². The number of benzene rings is 1. The molecule has 0 saturated heterocycles. The molecule has 0 amide bonds. The summed E-state index contributed by atoms with van der Waals surface area (Å²) in [5, 5.41) is 11.6. The van der Waals surface area contributed by atoms with Crippen LogP contribution in [0.25, 0.3) is 11.3 Å². The van der Waals surface area contributed by atoms with E-state index in [-0.39, 0.29) is 0 Å². The average Bonchev–Trinajstić information content (AvgIpc) is 2.85. The molecule has 1 aliphatic heterocycles. The van der Waals surface area contributed by atoms with Crippen molar-refractivity contribution in [3.63, 3.8) is 0 Å². The Kier molecular flexibility index (Phi) is 3.08. The summed E-state index contributed by atoms with van der Waals surface area (Å²) in [6, 6.07) is 11.0. The molecule has 2 unspecified atom stereocenters. The van der Waals surface area contributed by atoms with E-state index in [4.69, 9.17) is 9.52 Å². The zero-order valence-corrected chi connectivity index (χ0v) is 10.9. The Hall–Kier alpha value is -1.72. The van der Waals surface area contributed by atoms with E-state index in [9.17, 15) is 4.79 Å². The van der Waals surface area contributed by atoms with Gasteiger partial charge in [0.25, 0.3) is 0 Å². The smallest absolute Gasteiger partial charge is 0.322 e. The van der Waals surface area contributed by atoms with E-state index < -0.39 is 17.3 Å². The third kappa shape index (κ3) is 2.15. The Morgan fingerprint density at radius 3 is 2.79 bits per heavy atom. The number of carbonyl (C=O) groups is 1. The van der Waals surface area contributed by atoms with Crippen molar-refractivity contribution in [3.8, 4) is 11.3 Å². The lowest BCUT2D eigenvalue weighted by molar-refractivity contribution is -0.139. The van der Waals surface area contributed by atoms with E-state index in [0.717, 1.165) is 16.9 Å². The summed E-state index contributed by atoms with van der Waals surface area (Å²) in [6.45, 7) is 0.486. The number of rotatable bonds is 2. The minimum atomic E-state index is -0.914. The van der Waals surface area contributed by atoms with Crippen LogP contribution in [0, 0.1) is 0 Å². The first kappa shape index (κ1) is 12.3. The first-order valence-electron chi connectivity index (χ1n) is 5.99. The molecule has 2 N–H and O–H groups in total. The maximum atomic E-state index is 11.1. The van der Waals surface area contributed by atoms with Crippen LogP contribution in [0.3, 0.4) is 0 Å². The number of carboxylic acids is 1. The van der Waals surface area contributed by atoms with E-state index in [2.05, 4.69) is 17.9 Å². The third-order valence-electron chi connectivity index (χ3n) is 3.26. The number of aliphatic carboxylic acids is 1. The Bertz CT molecular complexity index is 608. The maximum Gasteiger partial charge on any atom is 0.322 e. The van der Waals surface area contributed by atoms with Crippen LogP contribution in [0.15, 0.2) is 40.8 Å². The number of fused-ring (bicyclic) bond motifs is 1. The molecule has 2 aromatic rings. The van der Waals surface area contributed by atoms with Gasteiger partial charge in [-0.3, -0.25) is 10.1 Å². The third-order valence-corrected chi connectivity index (χ3v) is 3.80. The lowest BCUT2D eigenvalue weighted by Crippen LogP contribution is -2.42. The minimum Gasteiger partial charge on any atom is -0.480 e. The van der Waals surface area contributed by atoms with Crippen LogP contribution in [0.2, 0.25) is 0 Å². The predicted molar refractivity (Wildman–Crippen MR) is 74.1 cm³/mol. The molecule has 0 aliphatic carbocycles. The van der Waals surface area contributed by atoms with Gasteiger partial charge in [-0.1, -0.05) is 30.3 Å². The second-order valence-electron chi connectivity index (χ2n) is 4.51. The number of hydrogen-bond donors (Lipinski definition) is 3. The fraction of sp³-hybridized carbons (Fsp3) is 0.214. The van der Waals surface area contributed by atoms with Crippen LogP contribution in [-0.2, 0) is 11.3 Å². The van der Waals surface area contributed by atoms with Crippen molar-refractivity contribution >= 4 is 18.6 Å². The van der Waals surface area contributed by atoms with Crippen LogP contribution in [0.4, 0.5) is 0 Å². The number of hydrogen-bond acceptors (Lipinski definition) is 4. The zero-order valence-electron chi connectivity index (χ0n) is 10.0. The second kappa shape index (κ2) is 4.75. The normalized spacial score (nSPS) is 21.9. The van der Waals surface area contributed by atoms with Crippen LogP contribution in [-0.4, -0.2) is 17.1 Å². The Morgan fingerprint density at radius 1 is 1.37 bits per heavy atom. The molecule has 98 valence electrons. The zero-order chi connectivity index (χ0) is 13.4. The summed E-state index contributed by atoms with van der Waals surface area (Å²) in [5.74, 6) is 0.481. The first-order chi connectivity index (χ1) is 9.16. The summed E-state index contributed by atoms with van der Waals surface area (Å²) in [7, 11) is 0. The van der Waals surface area contributed by atoms with Gasteiger partial charge in [0.1, 0.15) is 17.6 Å². The molecule has 0 fully saturated rings. The molecule has 5 heteroatoms. The molecule has 1 aliphatic rings. The van der Waals surface area contributed by atoms with Crippen molar-refractivity contribution < 1.29 is 14.3 Å². The van der Waals surface area contributed by atoms with Crippen LogP contribution in [0.5, 0.6) is 0 Å². The van der Waals surface area contributed by atoms with Gasteiger partial charge >= 0.3 is 5.97 Å². The van der Waals surface area contributed by atoms with E-state index in [1.807, 2.05) is 36.4 Å². The number of thiol groups is 1. The molecule has 3 rings (SSSR count). The average molecular weight is 275 g/mol. The van der Waals surface area contributed by atoms with Crippen molar-refractivity contribution in [2.24, 2.45) is 0 Å². The van der Waals surface area contributed by atoms with E-state index in [1.165, 1.54) is 0 Å². The van der Waals surface area contributed by atoms with Crippen molar-refractivity contribution in [2.45, 2.75) is 17.8 Å². The summed E-state index contributed by atoms with van der Waals surface area (Å²) in [4.78, 5) is 11.1. The van der Waals surface area contributed by atoms with Gasteiger partial charge in [0, 0.05) is 17.7 Å². The van der Waals surface area contributed by atoms with Gasteiger partial charge < -0.3 is 9.52 Å². The highest BCUT2D eigenvalue weighted by atomic mass is 32.1. The lowest BCUT2D eigenvalue weighted by Gasteiger charge is -2.24. The van der Waals surface area contributed by atoms with Gasteiger partial charge in [-0.2, -0.15) is 12.6 Å². The van der Waals surface area contributed by atoms with E-state index >= 15 is 0 Å². The monoisotopic (exact) mass is 275 g/mol. The highest BCUT2D eigenvalue weighted by Crippen LogP contribution is 2.36. The number of carboxylic acid groups (broad SMARTS) is 1. The fourth-order valence-electron chi connectivity index (χ4n) is 2.28. The van der Waals surface area contributed by atoms with Gasteiger partial charge in [0.15, 0.2) is 0 Å². The molecule has 1 aromatic carbocycles. The minimum absolute atomic E-state index is 0.473. The number of furan rings is 1. The highest BCUT2D eigenvalue weighted by Gasteiger charge is 2.35. The van der Waals surface area contributed by atoms with Crippen molar-refractivity contribution in [1.29, 1.82) is 0 Å². The molecule has 0 radical (unpaired) electrons. The molecular weight excluding hydrogens is 262 g/mol. The first-order valence-corrected chi connectivity index (χ1v) is 6.51. The molecular formula is C14H13NO3S. The number of nitrogens with one attached hydrogen (secondary N) is 1. The largest absolute Gasteiger partial charge is 0.480 e. The SMILES string of the molecule is O=C(O)C1NCc2cc(-c3ccccc3)oc2C1S. The van der Waals surface area contributed by atoms with Crippen LogP contribution >= 0.6 is 12.6 Å². The standard InChI is InChI=1S/C14H13NO3S/c16-14(17)11-13(19)12-9(7-15-11)6-10(18-12)8-4-2-1-3-5-8/h1-6,11,13,15,19H,7H2,(H,16,17). The Labute approximate surface area is 115 Å². The van der Waals surface area contributed by atoms with Gasteiger partial charge in [0.05, 0.1) is 5.25 Å². The summed E-state index contributed by atoms with van der Waals surface area (Å²) < 4.78 is 5.81. The Balaban J connectivity index is 1.99. The quantitative estimate of drug-likeness (QED) is 0.737. The highest BCUT2D eigenvalue weighted by molar-refractivity contribution is 7.80. The second-order valence-corrected chi connectivity index (χ2v) is 5.06. The van der Waals surface area contributed by atoms with Gasteiger partial charge in [-0.25, -0.2) is 0 Å². The topological polar surface area (TPSA) is 62.5 Å². The van der Waals surface area contributed by atoms with Crippen molar-refractivity contribution in [3.05, 3.63) is 47.7 Å². The molecule has 2 atom stereocenters. The van der Waals surface area contributed by atoms with Crippen LogP contribution < -0.4 is 5.32 Å². The molecule has 19 heavy (non-hydrogen) atoms. The summed E-state index contributed by atoms with van der Waals surface area (Å²) in [5.41, 5.74) is 1.95. The summed E-state index contributed by atoms with van der Waals surface area (Å²) >= 11 is 4.36. The van der Waals surface area contributed by atoms with Crippen LogP contribution in [0.1, 0.15) is 16.6 Å².